The van der Waals surface area contributed by atoms with Crippen molar-refractivity contribution < 1.29 is 0 Å². The van der Waals surface area contributed by atoms with Crippen molar-refractivity contribution in [1.29, 1.82) is 0 Å². The first-order chi connectivity index (χ1) is 8.46. The third-order valence-electron chi connectivity index (χ3n) is 3.22. The largest absolute Gasteiger partial charge is 0.351 e. The lowest BCUT2D eigenvalue weighted by atomic mass is 9.90. The minimum absolute atomic E-state index is 0.265. The van der Waals surface area contributed by atoms with E-state index in [0.717, 1.165) is 37.6 Å². The van der Waals surface area contributed by atoms with Crippen molar-refractivity contribution in [3.63, 3.8) is 0 Å². The number of hydrogen-bond donors (Lipinski definition) is 1. The topological polar surface area (TPSA) is 41.0 Å². The van der Waals surface area contributed by atoms with Crippen molar-refractivity contribution in [2.75, 3.05) is 24.5 Å². The van der Waals surface area contributed by atoms with E-state index in [1.807, 2.05) is 0 Å². The second-order valence-corrected chi connectivity index (χ2v) is 6.35. The van der Waals surface area contributed by atoms with Gasteiger partial charge in [-0.3, -0.25) is 0 Å². The highest BCUT2D eigenvalue weighted by Gasteiger charge is 2.20. The quantitative estimate of drug-likeness (QED) is 0.867. The Morgan fingerprint density at radius 1 is 1.39 bits per heavy atom. The molecular weight excluding hydrogens is 224 g/mol. The fourth-order valence-electron chi connectivity index (χ4n) is 2.36. The molecular formula is C14H24N4. The van der Waals surface area contributed by atoms with Crippen LogP contribution in [0.25, 0.3) is 0 Å². The molecule has 4 heteroatoms. The van der Waals surface area contributed by atoms with Crippen LogP contribution in [0.4, 0.5) is 5.82 Å². The number of hydrogen-bond acceptors (Lipinski definition) is 4. The molecule has 18 heavy (non-hydrogen) atoms. The smallest absolute Gasteiger partial charge is 0.132 e. The molecule has 0 saturated carbocycles. The van der Waals surface area contributed by atoms with Crippen molar-refractivity contribution >= 4 is 5.82 Å². The molecule has 0 unspecified atom stereocenters. The van der Waals surface area contributed by atoms with Crippen LogP contribution in [-0.2, 0) is 6.42 Å². The van der Waals surface area contributed by atoms with Crippen molar-refractivity contribution in [1.82, 2.24) is 15.3 Å². The first-order valence-corrected chi connectivity index (χ1v) is 6.74. The Labute approximate surface area is 110 Å². The van der Waals surface area contributed by atoms with Gasteiger partial charge in [0.1, 0.15) is 12.1 Å². The van der Waals surface area contributed by atoms with E-state index in [1.54, 1.807) is 6.33 Å². The van der Waals surface area contributed by atoms with Gasteiger partial charge in [-0.15, -0.1) is 0 Å². The predicted octanol–water partition coefficient (Wildman–Crippen LogP) is 1.86. The number of piperazine rings is 1. The van der Waals surface area contributed by atoms with E-state index in [4.69, 9.17) is 0 Å². The van der Waals surface area contributed by atoms with Crippen molar-refractivity contribution in [2.24, 2.45) is 5.41 Å². The number of aromatic nitrogens is 2. The maximum absolute atomic E-state index is 4.43. The van der Waals surface area contributed by atoms with Crippen molar-refractivity contribution in [3.8, 4) is 0 Å². The van der Waals surface area contributed by atoms with Gasteiger partial charge in [-0.05, 0) is 18.8 Å². The monoisotopic (exact) mass is 248 g/mol. The highest BCUT2D eigenvalue weighted by molar-refractivity contribution is 5.41. The van der Waals surface area contributed by atoms with Crippen molar-refractivity contribution in [2.45, 2.75) is 40.2 Å². The number of rotatable bonds is 2. The fourth-order valence-corrected chi connectivity index (χ4v) is 2.36. The van der Waals surface area contributed by atoms with Crippen LogP contribution in [0.5, 0.6) is 0 Å². The summed E-state index contributed by atoms with van der Waals surface area (Å²) in [7, 11) is 0. The molecule has 2 rings (SSSR count). The summed E-state index contributed by atoms with van der Waals surface area (Å²) in [6, 6.07) is 2.64. The Morgan fingerprint density at radius 3 is 2.83 bits per heavy atom. The van der Waals surface area contributed by atoms with Gasteiger partial charge in [-0.25, -0.2) is 9.97 Å². The van der Waals surface area contributed by atoms with E-state index in [1.165, 1.54) is 0 Å². The van der Waals surface area contributed by atoms with Gasteiger partial charge in [0.2, 0.25) is 0 Å². The van der Waals surface area contributed by atoms with Crippen LogP contribution < -0.4 is 10.2 Å². The van der Waals surface area contributed by atoms with Crippen LogP contribution >= 0.6 is 0 Å². The second-order valence-electron chi connectivity index (χ2n) is 6.35. The molecule has 0 radical (unpaired) electrons. The molecule has 1 N–H and O–H groups in total. The number of nitrogens with one attached hydrogen (secondary N) is 1. The lowest BCUT2D eigenvalue weighted by molar-refractivity contribution is 0.405. The third-order valence-corrected chi connectivity index (χ3v) is 3.22. The first kappa shape index (κ1) is 13.3. The van der Waals surface area contributed by atoms with Crippen LogP contribution in [0.1, 0.15) is 33.4 Å². The predicted molar refractivity (Wildman–Crippen MR) is 74.9 cm³/mol. The minimum Gasteiger partial charge on any atom is -0.351 e. The Bertz CT molecular complexity index is 397. The van der Waals surface area contributed by atoms with Gasteiger partial charge in [0, 0.05) is 37.4 Å². The third kappa shape index (κ3) is 3.42. The molecule has 4 nitrogen and oxygen atoms in total. The average molecular weight is 248 g/mol. The van der Waals surface area contributed by atoms with Gasteiger partial charge >= 0.3 is 0 Å². The molecule has 1 saturated heterocycles. The molecule has 1 fully saturated rings. The Balaban J connectivity index is 2.16. The molecule has 2 heterocycles. The SMILES string of the molecule is C[C@H]1CNCCN1c1cc(CC(C)(C)C)ncn1. The molecule has 1 aromatic rings. The summed E-state index contributed by atoms with van der Waals surface area (Å²) >= 11 is 0. The Kier molecular flexibility index (Phi) is 3.85. The normalized spacial score (nSPS) is 21.1. The highest BCUT2D eigenvalue weighted by atomic mass is 15.3. The van der Waals surface area contributed by atoms with Gasteiger partial charge in [-0.1, -0.05) is 20.8 Å². The second kappa shape index (κ2) is 5.22. The molecule has 1 aromatic heterocycles. The summed E-state index contributed by atoms with van der Waals surface area (Å²) in [4.78, 5) is 11.2. The highest BCUT2D eigenvalue weighted by Crippen LogP contribution is 2.22. The summed E-state index contributed by atoms with van der Waals surface area (Å²) in [5.41, 5.74) is 1.40. The van der Waals surface area contributed by atoms with Gasteiger partial charge < -0.3 is 10.2 Å². The van der Waals surface area contributed by atoms with Crippen molar-refractivity contribution in [3.05, 3.63) is 18.1 Å². The van der Waals surface area contributed by atoms with Crippen LogP contribution in [0, 0.1) is 5.41 Å². The minimum atomic E-state index is 0.265. The van der Waals surface area contributed by atoms with Crippen LogP contribution in [-0.4, -0.2) is 35.6 Å². The summed E-state index contributed by atoms with van der Waals surface area (Å²) in [6.07, 6.45) is 2.69. The molecule has 0 amide bonds. The van der Waals surface area contributed by atoms with Gasteiger partial charge in [-0.2, -0.15) is 0 Å². The van der Waals surface area contributed by atoms with E-state index in [-0.39, 0.29) is 5.41 Å². The fraction of sp³-hybridized carbons (Fsp3) is 0.714. The lowest BCUT2D eigenvalue weighted by Gasteiger charge is -2.35. The molecule has 0 aliphatic carbocycles. The molecule has 1 aliphatic heterocycles. The molecule has 0 spiro atoms. The zero-order valence-electron chi connectivity index (χ0n) is 11.9. The van der Waals surface area contributed by atoms with E-state index >= 15 is 0 Å². The maximum Gasteiger partial charge on any atom is 0.132 e. The molecule has 1 atom stereocenters. The van der Waals surface area contributed by atoms with Crippen LogP contribution in [0.2, 0.25) is 0 Å². The number of anilines is 1. The van der Waals surface area contributed by atoms with Gasteiger partial charge in [0.15, 0.2) is 0 Å². The van der Waals surface area contributed by atoms with E-state index in [0.29, 0.717) is 6.04 Å². The summed E-state index contributed by atoms with van der Waals surface area (Å²) in [5.74, 6) is 1.07. The van der Waals surface area contributed by atoms with Gasteiger partial charge in [0.25, 0.3) is 0 Å². The average Bonchev–Trinajstić information content (AvgIpc) is 2.27. The van der Waals surface area contributed by atoms with Gasteiger partial charge in [0.05, 0.1) is 0 Å². The first-order valence-electron chi connectivity index (χ1n) is 6.74. The van der Waals surface area contributed by atoms with E-state index in [2.05, 4.69) is 53.9 Å². The molecule has 0 aromatic carbocycles. The van der Waals surface area contributed by atoms with E-state index in [9.17, 15) is 0 Å². The lowest BCUT2D eigenvalue weighted by Crippen LogP contribution is -2.50. The summed E-state index contributed by atoms with van der Waals surface area (Å²) in [5, 5.41) is 3.40. The molecule has 100 valence electrons. The Morgan fingerprint density at radius 2 is 2.17 bits per heavy atom. The molecule has 0 bridgehead atoms. The molecule has 1 aliphatic rings. The summed E-state index contributed by atoms with van der Waals surface area (Å²) < 4.78 is 0. The van der Waals surface area contributed by atoms with Crippen LogP contribution in [0.3, 0.4) is 0 Å². The number of nitrogens with zero attached hydrogens (tertiary/aromatic N) is 3. The maximum atomic E-state index is 4.43. The Hall–Kier alpha value is -1.16. The zero-order valence-corrected chi connectivity index (χ0v) is 11.9. The standard InChI is InChI=1S/C14H24N4/c1-11-9-15-5-6-18(11)13-7-12(16-10-17-13)8-14(2,3)4/h7,10-11,15H,5-6,8-9H2,1-4H3/t11-/m0/s1. The zero-order chi connectivity index (χ0) is 13.2. The summed E-state index contributed by atoms with van der Waals surface area (Å²) in [6.45, 7) is 12.0. The van der Waals surface area contributed by atoms with Crippen LogP contribution in [0.15, 0.2) is 12.4 Å². The van der Waals surface area contributed by atoms with E-state index < -0.39 is 0 Å².